The van der Waals surface area contributed by atoms with Crippen LogP contribution in [-0.2, 0) is 25.4 Å². The Balaban J connectivity index is 1.26. The molecule has 1 fully saturated rings. The lowest BCUT2D eigenvalue weighted by Crippen LogP contribution is -2.49. The van der Waals surface area contributed by atoms with Gasteiger partial charge in [-0.2, -0.15) is 0 Å². The van der Waals surface area contributed by atoms with Gasteiger partial charge in [0.15, 0.2) is 16.9 Å². The van der Waals surface area contributed by atoms with Gasteiger partial charge in [0, 0.05) is 40.3 Å². The summed E-state index contributed by atoms with van der Waals surface area (Å²) in [4.78, 5) is 46.6. The Morgan fingerprint density at radius 3 is 2.00 bits per heavy atom. The quantitative estimate of drug-likeness (QED) is 0.393. The molecule has 1 aliphatic heterocycles. The van der Waals surface area contributed by atoms with E-state index < -0.39 is 11.2 Å². The first-order chi connectivity index (χ1) is 17.4. The Hall–Kier alpha value is -3.82. The van der Waals surface area contributed by atoms with E-state index in [9.17, 15) is 14.4 Å². The van der Waals surface area contributed by atoms with E-state index >= 15 is 0 Å². The predicted octanol–water partition coefficient (Wildman–Crippen LogP) is 1.41. The third-order valence-electron chi connectivity index (χ3n) is 6.97. The minimum Gasteiger partial charge on any atom is -0.317 e. The van der Waals surface area contributed by atoms with Crippen LogP contribution in [0.1, 0.15) is 17.2 Å². The summed E-state index contributed by atoms with van der Waals surface area (Å²) in [6.07, 6.45) is 1.46. The summed E-state index contributed by atoms with van der Waals surface area (Å²) < 4.78 is 3.92. The predicted molar refractivity (Wildman–Crippen MR) is 138 cm³/mol. The van der Waals surface area contributed by atoms with E-state index in [-0.39, 0.29) is 29.5 Å². The molecule has 2 aromatic carbocycles. The van der Waals surface area contributed by atoms with Gasteiger partial charge >= 0.3 is 5.69 Å². The van der Waals surface area contributed by atoms with Crippen LogP contribution in [0.15, 0.2) is 76.6 Å². The molecule has 9 heteroatoms. The van der Waals surface area contributed by atoms with Crippen molar-refractivity contribution in [2.24, 2.45) is 14.1 Å². The molecule has 186 valence electrons. The maximum absolute atomic E-state index is 12.9. The van der Waals surface area contributed by atoms with Crippen LogP contribution in [0.2, 0.25) is 0 Å². The number of ketones is 1. The Morgan fingerprint density at radius 1 is 0.833 bits per heavy atom. The summed E-state index contributed by atoms with van der Waals surface area (Å²) in [6, 6.07) is 21.2. The highest BCUT2D eigenvalue weighted by molar-refractivity contribution is 5.82. The van der Waals surface area contributed by atoms with Crippen molar-refractivity contribution in [2.45, 2.75) is 12.6 Å². The van der Waals surface area contributed by atoms with Gasteiger partial charge < -0.3 is 4.57 Å². The number of imidazole rings is 1. The molecule has 2 aromatic heterocycles. The molecule has 0 atom stereocenters. The first-order valence-electron chi connectivity index (χ1n) is 12.1. The number of carbonyl (C=O) groups is 1. The van der Waals surface area contributed by atoms with Crippen molar-refractivity contribution in [3.63, 3.8) is 0 Å². The number of aromatic nitrogens is 4. The molecule has 0 spiro atoms. The number of rotatable bonds is 7. The molecule has 0 saturated carbocycles. The van der Waals surface area contributed by atoms with Gasteiger partial charge in [-0.1, -0.05) is 60.7 Å². The third kappa shape index (κ3) is 4.55. The summed E-state index contributed by atoms with van der Waals surface area (Å²) >= 11 is 0. The molecular formula is C27H30N6O3. The van der Waals surface area contributed by atoms with Gasteiger partial charge in [0.05, 0.1) is 25.5 Å². The smallest absolute Gasteiger partial charge is 0.317 e. The number of carbonyl (C=O) groups excluding carboxylic acids is 1. The lowest BCUT2D eigenvalue weighted by molar-refractivity contribution is -0.121. The zero-order chi connectivity index (χ0) is 25.2. The first kappa shape index (κ1) is 23.9. The molecule has 9 nitrogen and oxygen atoms in total. The van der Waals surface area contributed by atoms with Gasteiger partial charge in [-0.3, -0.25) is 28.5 Å². The fourth-order valence-electron chi connectivity index (χ4n) is 5.07. The first-order valence-corrected chi connectivity index (χ1v) is 12.1. The van der Waals surface area contributed by atoms with E-state index in [0.717, 1.165) is 30.7 Å². The van der Waals surface area contributed by atoms with Crippen LogP contribution < -0.4 is 11.2 Å². The highest BCUT2D eigenvalue weighted by Gasteiger charge is 2.27. The summed E-state index contributed by atoms with van der Waals surface area (Å²) in [5.74, 6) is 0.00123. The molecule has 1 saturated heterocycles. The summed E-state index contributed by atoms with van der Waals surface area (Å²) in [6.45, 7) is 3.60. The van der Waals surface area contributed by atoms with Crippen LogP contribution in [0.5, 0.6) is 0 Å². The fraction of sp³-hybridized carbons (Fsp3) is 0.333. The lowest BCUT2D eigenvalue weighted by atomic mass is 9.96. The Kier molecular flexibility index (Phi) is 6.67. The van der Waals surface area contributed by atoms with Crippen LogP contribution in [0, 0.1) is 0 Å². The van der Waals surface area contributed by atoms with E-state index in [1.165, 1.54) is 29.1 Å². The molecule has 1 aliphatic rings. The van der Waals surface area contributed by atoms with Crippen molar-refractivity contribution in [3.8, 4) is 0 Å². The Morgan fingerprint density at radius 2 is 1.42 bits per heavy atom. The molecule has 0 unspecified atom stereocenters. The average molecular weight is 487 g/mol. The maximum atomic E-state index is 12.9. The maximum Gasteiger partial charge on any atom is 0.332 e. The molecule has 5 rings (SSSR count). The molecule has 4 aromatic rings. The van der Waals surface area contributed by atoms with Crippen molar-refractivity contribution in [1.82, 2.24) is 28.5 Å². The number of Topliss-reactive ketones (excluding diaryl/α,β-unsaturated/α-hetero) is 1. The van der Waals surface area contributed by atoms with Gasteiger partial charge in [-0.15, -0.1) is 0 Å². The van der Waals surface area contributed by atoms with Crippen molar-refractivity contribution in [3.05, 3.63) is 99.0 Å². The van der Waals surface area contributed by atoms with E-state index in [2.05, 4.69) is 63.3 Å². The Bertz CT molecular complexity index is 1440. The number of aryl methyl sites for hydroxylation is 1. The monoisotopic (exact) mass is 486 g/mol. The van der Waals surface area contributed by atoms with E-state index in [0.29, 0.717) is 6.54 Å². The van der Waals surface area contributed by atoms with Crippen LogP contribution in [-0.4, -0.2) is 67.0 Å². The minimum absolute atomic E-state index is 0.00123. The number of hydrogen-bond acceptors (Lipinski definition) is 6. The molecule has 3 heterocycles. The van der Waals surface area contributed by atoms with Gasteiger partial charge in [-0.25, -0.2) is 9.78 Å². The number of fused-ring (bicyclic) bond motifs is 1. The van der Waals surface area contributed by atoms with Crippen LogP contribution in [0.3, 0.4) is 0 Å². The van der Waals surface area contributed by atoms with E-state index in [1.807, 2.05) is 12.1 Å². The summed E-state index contributed by atoms with van der Waals surface area (Å²) in [5.41, 5.74) is 2.20. The van der Waals surface area contributed by atoms with E-state index in [1.54, 1.807) is 11.6 Å². The lowest BCUT2D eigenvalue weighted by Gasteiger charge is -2.39. The number of benzene rings is 2. The number of hydrogen-bond donors (Lipinski definition) is 0. The molecule has 0 radical (unpaired) electrons. The van der Waals surface area contributed by atoms with Gasteiger partial charge in [0.2, 0.25) is 0 Å². The second kappa shape index (κ2) is 10.0. The van der Waals surface area contributed by atoms with Crippen molar-refractivity contribution in [1.29, 1.82) is 0 Å². The second-order valence-electron chi connectivity index (χ2n) is 9.33. The minimum atomic E-state index is -0.445. The number of nitrogens with zero attached hydrogens (tertiary/aromatic N) is 6. The zero-order valence-electron chi connectivity index (χ0n) is 20.6. The summed E-state index contributed by atoms with van der Waals surface area (Å²) in [7, 11) is 3.00. The van der Waals surface area contributed by atoms with Crippen LogP contribution in [0.4, 0.5) is 0 Å². The fourth-order valence-corrected chi connectivity index (χ4v) is 5.07. The van der Waals surface area contributed by atoms with Gasteiger partial charge in [0.1, 0.15) is 0 Å². The van der Waals surface area contributed by atoms with Crippen molar-refractivity contribution >= 4 is 16.9 Å². The standard InChI is InChI=1S/C27H30N6O3/c1-29-25-24(26(35)30(2)27(29)36)33(19-28-25)18-22(34)17-31-13-15-32(16-14-31)23(20-9-5-3-6-10-20)21-11-7-4-8-12-21/h3-12,19,23H,13-18H2,1-2H3. The largest absolute Gasteiger partial charge is 0.332 e. The van der Waals surface area contributed by atoms with Crippen LogP contribution >= 0.6 is 0 Å². The highest BCUT2D eigenvalue weighted by Crippen LogP contribution is 2.29. The molecule has 0 amide bonds. The molecule has 0 N–H and O–H groups in total. The molecular weight excluding hydrogens is 456 g/mol. The highest BCUT2D eigenvalue weighted by atomic mass is 16.2. The van der Waals surface area contributed by atoms with Gasteiger partial charge in [0.25, 0.3) is 5.56 Å². The van der Waals surface area contributed by atoms with Crippen molar-refractivity contribution < 1.29 is 4.79 Å². The van der Waals surface area contributed by atoms with Crippen molar-refractivity contribution in [2.75, 3.05) is 32.7 Å². The third-order valence-corrected chi connectivity index (χ3v) is 6.97. The molecule has 0 aliphatic carbocycles. The van der Waals surface area contributed by atoms with E-state index in [4.69, 9.17) is 0 Å². The number of piperazine rings is 1. The summed E-state index contributed by atoms with van der Waals surface area (Å²) in [5, 5.41) is 0. The SMILES string of the molecule is Cn1c(=O)c2c(ncn2CC(=O)CN2CCN(C(c3ccccc3)c3ccccc3)CC2)n(C)c1=O. The molecule has 36 heavy (non-hydrogen) atoms. The zero-order valence-corrected chi connectivity index (χ0v) is 20.6. The average Bonchev–Trinajstić information content (AvgIpc) is 3.32. The van der Waals surface area contributed by atoms with Gasteiger partial charge in [-0.05, 0) is 11.1 Å². The normalized spacial score (nSPS) is 15.1. The Labute approximate surface area is 208 Å². The second-order valence-corrected chi connectivity index (χ2v) is 9.33. The van der Waals surface area contributed by atoms with Crippen LogP contribution in [0.25, 0.3) is 11.2 Å². The molecule has 0 bridgehead atoms. The topological polar surface area (TPSA) is 85.4 Å².